The van der Waals surface area contributed by atoms with Gasteiger partial charge in [0.1, 0.15) is 0 Å². The molecule has 20 heavy (non-hydrogen) atoms. The van der Waals surface area contributed by atoms with Gasteiger partial charge in [0.25, 0.3) is 0 Å². The van der Waals surface area contributed by atoms with Crippen LogP contribution in [0.15, 0.2) is 29.2 Å². The number of hydrogen-bond donors (Lipinski definition) is 0. The maximum absolute atomic E-state index is 12.6. The van der Waals surface area contributed by atoms with Crippen molar-refractivity contribution < 1.29 is 13.2 Å². The molecule has 0 radical (unpaired) electrons. The minimum absolute atomic E-state index is 0.00535. The molecule has 1 heterocycles. The number of rotatable bonds is 5. The zero-order valence-electron chi connectivity index (χ0n) is 11.6. The van der Waals surface area contributed by atoms with E-state index in [1.165, 1.54) is 4.31 Å². The van der Waals surface area contributed by atoms with Gasteiger partial charge in [0.15, 0.2) is 0 Å². The Morgan fingerprint density at radius 1 is 1.30 bits per heavy atom. The molecule has 0 aromatic heterocycles. The van der Waals surface area contributed by atoms with Gasteiger partial charge in [-0.05, 0) is 43.5 Å². The Morgan fingerprint density at radius 2 is 2.00 bits per heavy atom. The quantitative estimate of drug-likeness (QED) is 0.839. The first-order valence-corrected chi connectivity index (χ1v) is 8.73. The SMILES string of the molecule is CCN(CC1CCCCO1)S(=O)(=O)c1ccc(Cl)cc1. The molecule has 0 aliphatic carbocycles. The van der Waals surface area contributed by atoms with Crippen LogP contribution in [-0.4, -0.2) is 38.5 Å². The van der Waals surface area contributed by atoms with Crippen LogP contribution >= 0.6 is 11.6 Å². The summed E-state index contributed by atoms with van der Waals surface area (Å²) >= 11 is 5.80. The van der Waals surface area contributed by atoms with Crippen molar-refractivity contribution in [2.75, 3.05) is 19.7 Å². The maximum atomic E-state index is 12.6. The summed E-state index contributed by atoms with van der Waals surface area (Å²) in [5, 5.41) is 0.530. The van der Waals surface area contributed by atoms with E-state index in [1.807, 2.05) is 6.92 Å². The van der Waals surface area contributed by atoms with Crippen LogP contribution in [0.4, 0.5) is 0 Å². The predicted molar refractivity (Wildman–Crippen MR) is 79.5 cm³/mol. The summed E-state index contributed by atoms with van der Waals surface area (Å²) < 4.78 is 32.3. The highest BCUT2D eigenvalue weighted by Crippen LogP contribution is 2.21. The zero-order chi connectivity index (χ0) is 14.6. The van der Waals surface area contributed by atoms with Gasteiger partial charge in [-0.25, -0.2) is 8.42 Å². The van der Waals surface area contributed by atoms with Gasteiger partial charge in [0, 0.05) is 24.7 Å². The molecule has 2 rings (SSSR count). The van der Waals surface area contributed by atoms with E-state index in [2.05, 4.69) is 0 Å². The van der Waals surface area contributed by atoms with Crippen LogP contribution in [0.1, 0.15) is 26.2 Å². The number of likely N-dealkylation sites (N-methyl/N-ethyl adjacent to an activating group) is 1. The Labute approximate surface area is 125 Å². The molecular formula is C14H20ClNO3S. The lowest BCUT2D eigenvalue weighted by molar-refractivity contribution is 0.00670. The van der Waals surface area contributed by atoms with Crippen LogP contribution in [0.5, 0.6) is 0 Å². The molecule has 1 aromatic carbocycles. The van der Waals surface area contributed by atoms with Crippen molar-refractivity contribution >= 4 is 21.6 Å². The molecule has 6 heteroatoms. The molecule has 4 nitrogen and oxygen atoms in total. The highest BCUT2D eigenvalue weighted by molar-refractivity contribution is 7.89. The topological polar surface area (TPSA) is 46.6 Å². The van der Waals surface area contributed by atoms with Gasteiger partial charge < -0.3 is 4.74 Å². The fourth-order valence-electron chi connectivity index (χ4n) is 2.33. The van der Waals surface area contributed by atoms with E-state index in [9.17, 15) is 8.42 Å². The Hall–Kier alpha value is -0.620. The van der Waals surface area contributed by atoms with E-state index in [-0.39, 0.29) is 11.0 Å². The highest BCUT2D eigenvalue weighted by Gasteiger charge is 2.27. The van der Waals surface area contributed by atoms with Gasteiger partial charge >= 0.3 is 0 Å². The fraction of sp³-hybridized carbons (Fsp3) is 0.571. The van der Waals surface area contributed by atoms with Crippen LogP contribution in [0, 0.1) is 0 Å². The second-order valence-corrected chi connectivity index (χ2v) is 7.27. The molecule has 0 amide bonds. The number of nitrogens with zero attached hydrogens (tertiary/aromatic N) is 1. The van der Waals surface area contributed by atoms with Gasteiger partial charge in [0.2, 0.25) is 10.0 Å². The summed E-state index contributed by atoms with van der Waals surface area (Å²) in [6, 6.07) is 6.28. The molecule has 1 atom stereocenters. The molecule has 1 unspecified atom stereocenters. The third-order valence-electron chi connectivity index (χ3n) is 3.49. The number of hydrogen-bond acceptors (Lipinski definition) is 3. The molecule has 0 saturated carbocycles. The standard InChI is InChI=1S/C14H20ClNO3S/c1-2-16(11-13-5-3-4-10-19-13)20(17,18)14-8-6-12(15)7-9-14/h6-9,13H,2-5,10-11H2,1H3. The lowest BCUT2D eigenvalue weighted by Crippen LogP contribution is -2.39. The van der Waals surface area contributed by atoms with Gasteiger partial charge in [-0.1, -0.05) is 18.5 Å². The summed E-state index contributed by atoms with van der Waals surface area (Å²) in [6.07, 6.45) is 3.09. The van der Waals surface area contributed by atoms with Crippen molar-refractivity contribution in [3.05, 3.63) is 29.3 Å². The van der Waals surface area contributed by atoms with Crippen molar-refractivity contribution in [1.82, 2.24) is 4.31 Å². The molecule has 1 aromatic rings. The Morgan fingerprint density at radius 3 is 2.55 bits per heavy atom. The largest absolute Gasteiger partial charge is 0.377 e. The lowest BCUT2D eigenvalue weighted by atomic mass is 10.1. The van der Waals surface area contributed by atoms with E-state index >= 15 is 0 Å². The summed E-state index contributed by atoms with van der Waals surface area (Å²) in [5.41, 5.74) is 0. The van der Waals surface area contributed by atoms with Gasteiger partial charge in [0.05, 0.1) is 11.0 Å². The summed E-state index contributed by atoms with van der Waals surface area (Å²) in [7, 11) is -3.47. The Bertz CT molecular complexity index is 524. The van der Waals surface area contributed by atoms with Crippen LogP contribution < -0.4 is 0 Å². The number of benzene rings is 1. The summed E-state index contributed by atoms with van der Waals surface area (Å²) in [4.78, 5) is 0.277. The van der Waals surface area contributed by atoms with E-state index < -0.39 is 10.0 Å². The second-order valence-electron chi connectivity index (χ2n) is 4.90. The van der Waals surface area contributed by atoms with Crippen LogP contribution in [-0.2, 0) is 14.8 Å². The number of sulfonamides is 1. The Balaban J connectivity index is 2.14. The molecular weight excluding hydrogens is 298 g/mol. The first-order chi connectivity index (χ1) is 9.54. The molecule has 1 aliphatic rings. The second kappa shape index (κ2) is 6.89. The van der Waals surface area contributed by atoms with Gasteiger partial charge in [-0.3, -0.25) is 0 Å². The molecule has 0 N–H and O–H groups in total. The third kappa shape index (κ3) is 3.73. The smallest absolute Gasteiger partial charge is 0.243 e. The van der Waals surface area contributed by atoms with Crippen molar-refractivity contribution in [1.29, 1.82) is 0 Å². The normalized spacial score (nSPS) is 20.2. The monoisotopic (exact) mass is 317 g/mol. The van der Waals surface area contributed by atoms with E-state index in [1.54, 1.807) is 24.3 Å². The maximum Gasteiger partial charge on any atom is 0.243 e. The molecule has 0 bridgehead atoms. The van der Waals surface area contributed by atoms with Gasteiger partial charge in [-0.15, -0.1) is 0 Å². The van der Waals surface area contributed by atoms with E-state index in [4.69, 9.17) is 16.3 Å². The van der Waals surface area contributed by atoms with Crippen LogP contribution in [0.3, 0.4) is 0 Å². The van der Waals surface area contributed by atoms with Crippen molar-refractivity contribution in [2.24, 2.45) is 0 Å². The average Bonchev–Trinajstić information content (AvgIpc) is 2.46. The highest BCUT2D eigenvalue weighted by atomic mass is 35.5. The van der Waals surface area contributed by atoms with Gasteiger partial charge in [-0.2, -0.15) is 4.31 Å². The first kappa shape index (κ1) is 15.8. The zero-order valence-corrected chi connectivity index (χ0v) is 13.2. The van der Waals surface area contributed by atoms with Crippen LogP contribution in [0.2, 0.25) is 5.02 Å². The van der Waals surface area contributed by atoms with E-state index in [0.29, 0.717) is 18.1 Å². The van der Waals surface area contributed by atoms with E-state index in [0.717, 1.165) is 25.9 Å². The molecule has 112 valence electrons. The summed E-state index contributed by atoms with van der Waals surface area (Å²) in [6.45, 7) is 3.42. The molecule has 1 aliphatic heterocycles. The van der Waals surface area contributed by atoms with Crippen molar-refractivity contribution in [3.8, 4) is 0 Å². The van der Waals surface area contributed by atoms with Crippen molar-refractivity contribution in [3.63, 3.8) is 0 Å². The predicted octanol–water partition coefficient (Wildman–Crippen LogP) is 2.92. The lowest BCUT2D eigenvalue weighted by Gasteiger charge is -2.28. The Kier molecular flexibility index (Phi) is 5.43. The molecule has 0 spiro atoms. The third-order valence-corrected chi connectivity index (χ3v) is 5.69. The number of ether oxygens (including phenoxy) is 1. The van der Waals surface area contributed by atoms with Crippen LogP contribution in [0.25, 0.3) is 0 Å². The molecule has 1 saturated heterocycles. The molecule has 1 fully saturated rings. The first-order valence-electron chi connectivity index (χ1n) is 6.91. The minimum Gasteiger partial charge on any atom is -0.377 e. The summed E-state index contributed by atoms with van der Waals surface area (Å²) in [5.74, 6) is 0. The average molecular weight is 318 g/mol. The number of halogens is 1. The fourth-order valence-corrected chi connectivity index (χ4v) is 3.94. The minimum atomic E-state index is -3.47. The van der Waals surface area contributed by atoms with Crippen molar-refractivity contribution in [2.45, 2.75) is 37.2 Å².